The summed E-state index contributed by atoms with van der Waals surface area (Å²) < 4.78 is 10.5. The molecule has 1 aliphatic heterocycles. The number of aryl methyl sites for hydroxylation is 1. The first kappa shape index (κ1) is 12.2. The monoisotopic (exact) mass is 246 g/mol. The number of ether oxygens (including phenoxy) is 2. The van der Waals surface area contributed by atoms with Gasteiger partial charge in [-0.2, -0.15) is 0 Å². The number of hydrogen-bond donors (Lipinski definition) is 1. The molecule has 1 N–H and O–H groups in total. The van der Waals surface area contributed by atoms with Crippen molar-refractivity contribution in [2.24, 2.45) is 0 Å². The maximum absolute atomic E-state index is 10.2. The lowest BCUT2D eigenvalue weighted by Gasteiger charge is -2.00. The summed E-state index contributed by atoms with van der Waals surface area (Å²) in [6, 6.07) is 5.89. The summed E-state index contributed by atoms with van der Waals surface area (Å²) in [5.41, 5.74) is 1.17. The lowest BCUT2D eigenvalue weighted by Crippen LogP contribution is -1.92. The first-order valence-electron chi connectivity index (χ1n) is 5.70. The molecule has 0 saturated carbocycles. The standard InChI is InChI=1S/C14H14O4/c15-14(16)6-4-2-1-3-5-11-7-8-12-13(9-11)18-10-17-12/h1-2,4,6-9H,3,5,10H2,(H,15,16)/b2-1-,6-4+. The zero-order valence-corrected chi connectivity index (χ0v) is 9.83. The third kappa shape index (κ3) is 3.38. The van der Waals surface area contributed by atoms with Crippen LogP contribution in [0.3, 0.4) is 0 Å². The molecular weight excluding hydrogens is 232 g/mol. The molecule has 0 bridgehead atoms. The van der Waals surface area contributed by atoms with Crippen molar-refractivity contribution in [1.29, 1.82) is 0 Å². The largest absolute Gasteiger partial charge is 0.478 e. The lowest BCUT2D eigenvalue weighted by molar-refractivity contribution is -0.131. The van der Waals surface area contributed by atoms with Crippen LogP contribution in [0.25, 0.3) is 0 Å². The van der Waals surface area contributed by atoms with Gasteiger partial charge in [0.15, 0.2) is 11.5 Å². The van der Waals surface area contributed by atoms with Crippen LogP contribution in [0.2, 0.25) is 0 Å². The number of aliphatic carboxylic acids is 1. The van der Waals surface area contributed by atoms with E-state index in [4.69, 9.17) is 14.6 Å². The molecule has 1 aromatic rings. The Labute approximate surface area is 105 Å². The van der Waals surface area contributed by atoms with Crippen LogP contribution in [0, 0.1) is 0 Å². The summed E-state index contributed by atoms with van der Waals surface area (Å²) in [6.07, 6.45) is 8.03. The Bertz CT molecular complexity index is 489. The summed E-state index contributed by atoms with van der Waals surface area (Å²) in [5, 5.41) is 8.39. The molecule has 4 heteroatoms. The van der Waals surface area contributed by atoms with Crippen molar-refractivity contribution in [2.75, 3.05) is 6.79 Å². The van der Waals surface area contributed by atoms with E-state index in [1.807, 2.05) is 24.3 Å². The molecule has 0 atom stereocenters. The van der Waals surface area contributed by atoms with Crippen LogP contribution in [0.5, 0.6) is 11.5 Å². The quantitative estimate of drug-likeness (QED) is 0.640. The molecule has 2 rings (SSSR count). The van der Waals surface area contributed by atoms with Crippen molar-refractivity contribution in [2.45, 2.75) is 12.8 Å². The number of fused-ring (bicyclic) bond motifs is 1. The third-order valence-electron chi connectivity index (χ3n) is 2.52. The fourth-order valence-corrected chi connectivity index (χ4v) is 1.66. The van der Waals surface area contributed by atoms with E-state index in [2.05, 4.69) is 0 Å². The highest BCUT2D eigenvalue weighted by atomic mass is 16.7. The van der Waals surface area contributed by atoms with Crippen molar-refractivity contribution in [1.82, 2.24) is 0 Å². The highest BCUT2D eigenvalue weighted by Crippen LogP contribution is 2.32. The normalized spacial score (nSPS) is 13.6. The van der Waals surface area contributed by atoms with Gasteiger partial charge in [0.1, 0.15) is 0 Å². The molecule has 0 fully saturated rings. The van der Waals surface area contributed by atoms with Crippen molar-refractivity contribution >= 4 is 5.97 Å². The van der Waals surface area contributed by atoms with Crippen molar-refractivity contribution < 1.29 is 19.4 Å². The predicted molar refractivity (Wildman–Crippen MR) is 66.8 cm³/mol. The number of benzene rings is 1. The minimum absolute atomic E-state index is 0.290. The van der Waals surface area contributed by atoms with E-state index < -0.39 is 5.97 Å². The zero-order valence-electron chi connectivity index (χ0n) is 9.83. The molecular formula is C14H14O4. The average molecular weight is 246 g/mol. The minimum Gasteiger partial charge on any atom is -0.478 e. The molecule has 0 spiro atoms. The first-order chi connectivity index (χ1) is 8.75. The lowest BCUT2D eigenvalue weighted by atomic mass is 10.1. The maximum Gasteiger partial charge on any atom is 0.328 e. The fourth-order valence-electron chi connectivity index (χ4n) is 1.66. The van der Waals surface area contributed by atoms with E-state index in [9.17, 15) is 4.79 Å². The number of allylic oxidation sites excluding steroid dienone is 3. The Morgan fingerprint density at radius 3 is 2.94 bits per heavy atom. The molecule has 1 aliphatic rings. The van der Waals surface area contributed by atoms with Gasteiger partial charge in [-0.05, 0) is 30.5 Å². The van der Waals surface area contributed by atoms with Crippen LogP contribution >= 0.6 is 0 Å². The fraction of sp³-hybridized carbons (Fsp3) is 0.214. The summed E-state index contributed by atoms with van der Waals surface area (Å²) in [6.45, 7) is 0.290. The molecule has 4 nitrogen and oxygen atoms in total. The molecule has 0 unspecified atom stereocenters. The smallest absolute Gasteiger partial charge is 0.328 e. The number of rotatable bonds is 5. The molecule has 0 radical (unpaired) electrons. The van der Waals surface area contributed by atoms with Gasteiger partial charge >= 0.3 is 5.97 Å². The van der Waals surface area contributed by atoms with Crippen LogP contribution in [-0.4, -0.2) is 17.9 Å². The summed E-state index contributed by atoms with van der Waals surface area (Å²) in [5.74, 6) is 0.649. The van der Waals surface area contributed by atoms with Gasteiger partial charge in [-0.25, -0.2) is 4.79 Å². The highest BCUT2D eigenvalue weighted by molar-refractivity contribution is 5.80. The van der Waals surface area contributed by atoms with Gasteiger partial charge < -0.3 is 14.6 Å². The van der Waals surface area contributed by atoms with Gasteiger partial charge in [0, 0.05) is 6.08 Å². The van der Waals surface area contributed by atoms with Crippen LogP contribution in [0.1, 0.15) is 12.0 Å². The second kappa shape index (κ2) is 5.91. The zero-order chi connectivity index (χ0) is 12.8. The number of carboxylic acids is 1. The SMILES string of the molecule is O=C(O)/C=C/C=C\CCc1ccc2c(c1)OCO2. The summed E-state index contributed by atoms with van der Waals surface area (Å²) >= 11 is 0. The Morgan fingerprint density at radius 2 is 2.11 bits per heavy atom. The van der Waals surface area contributed by atoms with Gasteiger partial charge in [0.2, 0.25) is 6.79 Å². The van der Waals surface area contributed by atoms with Gasteiger partial charge in [0.25, 0.3) is 0 Å². The van der Waals surface area contributed by atoms with E-state index >= 15 is 0 Å². The molecule has 94 valence electrons. The Balaban J connectivity index is 1.82. The Hall–Kier alpha value is -2.23. The van der Waals surface area contributed by atoms with E-state index in [1.54, 1.807) is 6.08 Å². The van der Waals surface area contributed by atoms with Crippen LogP contribution in [0.15, 0.2) is 42.5 Å². The Morgan fingerprint density at radius 1 is 1.28 bits per heavy atom. The van der Waals surface area contributed by atoms with E-state index in [1.165, 1.54) is 11.6 Å². The van der Waals surface area contributed by atoms with Crippen LogP contribution < -0.4 is 9.47 Å². The second-order valence-electron chi connectivity index (χ2n) is 3.85. The molecule has 1 aromatic carbocycles. The molecule has 0 saturated heterocycles. The topological polar surface area (TPSA) is 55.8 Å². The van der Waals surface area contributed by atoms with Gasteiger partial charge in [-0.15, -0.1) is 0 Å². The minimum atomic E-state index is -0.935. The van der Waals surface area contributed by atoms with E-state index in [0.29, 0.717) is 6.79 Å². The average Bonchev–Trinajstić information content (AvgIpc) is 2.80. The van der Waals surface area contributed by atoms with Crippen molar-refractivity contribution in [3.05, 3.63) is 48.1 Å². The molecule has 1 heterocycles. The Kier molecular flexibility index (Phi) is 4.02. The summed E-state index contributed by atoms with van der Waals surface area (Å²) in [7, 11) is 0. The van der Waals surface area contributed by atoms with E-state index in [0.717, 1.165) is 30.4 Å². The molecule has 0 aromatic heterocycles. The maximum atomic E-state index is 10.2. The van der Waals surface area contributed by atoms with E-state index in [-0.39, 0.29) is 0 Å². The second-order valence-corrected chi connectivity index (χ2v) is 3.85. The number of carbonyl (C=O) groups is 1. The molecule has 18 heavy (non-hydrogen) atoms. The van der Waals surface area contributed by atoms with Crippen LogP contribution in [-0.2, 0) is 11.2 Å². The number of hydrogen-bond acceptors (Lipinski definition) is 3. The van der Waals surface area contributed by atoms with Gasteiger partial charge in [-0.1, -0.05) is 24.3 Å². The van der Waals surface area contributed by atoms with Crippen LogP contribution in [0.4, 0.5) is 0 Å². The summed E-state index contributed by atoms with van der Waals surface area (Å²) in [4.78, 5) is 10.2. The first-order valence-corrected chi connectivity index (χ1v) is 5.70. The molecule has 0 amide bonds. The number of carboxylic acid groups (broad SMARTS) is 1. The van der Waals surface area contributed by atoms with Gasteiger partial charge in [-0.3, -0.25) is 0 Å². The van der Waals surface area contributed by atoms with Gasteiger partial charge in [0.05, 0.1) is 0 Å². The molecule has 0 aliphatic carbocycles. The third-order valence-corrected chi connectivity index (χ3v) is 2.52. The van der Waals surface area contributed by atoms with Crippen molar-refractivity contribution in [3.63, 3.8) is 0 Å². The highest BCUT2D eigenvalue weighted by Gasteiger charge is 2.12. The predicted octanol–water partition coefficient (Wildman–Crippen LogP) is 2.54. The van der Waals surface area contributed by atoms with Crippen molar-refractivity contribution in [3.8, 4) is 11.5 Å².